The molecule has 0 saturated heterocycles. The lowest BCUT2D eigenvalue weighted by molar-refractivity contribution is -0.119. The van der Waals surface area contributed by atoms with E-state index < -0.39 is 5.41 Å². The van der Waals surface area contributed by atoms with Gasteiger partial charge in [-0.15, -0.1) is 5.10 Å². The van der Waals surface area contributed by atoms with E-state index in [0.717, 1.165) is 54.1 Å². The van der Waals surface area contributed by atoms with Crippen LogP contribution in [0.3, 0.4) is 0 Å². The molecule has 0 radical (unpaired) electrons. The van der Waals surface area contributed by atoms with Crippen LogP contribution in [0.4, 0.5) is 23.1 Å². The number of carbonyl (C=O) groups excluding carboxylic acids is 1. The Hall–Kier alpha value is -3.13. The molecule has 0 bridgehead atoms. The van der Waals surface area contributed by atoms with Gasteiger partial charge < -0.3 is 21.1 Å². The molecule has 1 saturated carbocycles. The highest BCUT2D eigenvalue weighted by Gasteiger charge is 2.38. The van der Waals surface area contributed by atoms with Crippen molar-refractivity contribution in [3.05, 3.63) is 42.0 Å². The van der Waals surface area contributed by atoms with Crippen LogP contribution in [-0.4, -0.2) is 37.8 Å². The Kier molecular flexibility index (Phi) is 4.39. The molecule has 2 aromatic heterocycles. The molecular formula is C22H26N6O2. The van der Waals surface area contributed by atoms with Crippen molar-refractivity contribution in [1.29, 1.82) is 0 Å². The van der Waals surface area contributed by atoms with Crippen LogP contribution in [0.25, 0.3) is 5.65 Å². The highest BCUT2D eigenvalue weighted by atomic mass is 16.3. The van der Waals surface area contributed by atoms with E-state index in [0.29, 0.717) is 12.0 Å². The van der Waals surface area contributed by atoms with Gasteiger partial charge in [0.2, 0.25) is 11.9 Å². The van der Waals surface area contributed by atoms with Gasteiger partial charge in [0.1, 0.15) is 5.82 Å². The van der Waals surface area contributed by atoms with E-state index in [1.54, 1.807) is 4.52 Å². The van der Waals surface area contributed by atoms with Crippen molar-refractivity contribution in [2.24, 2.45) is 0 Å². The number of nitrogens with one attached hydrogen (secondary N) is 3. The van der Waals surface area contributed by atoms with Crippen molar-refractivity contribution in [1.82, 2.24) is 14.6 Å². The van der Waals surface area contributed by atoms with E-state index in [2.05, 4.69) is 26.0 Å². The molecule has 4 N–H and O–H groups in total. The van der Waals surface area contributed by atoms with Crippen molar-refractivity contribution in [2.45, 2.75) is 57.1 Å². The lowest BCUT2D eigenvalue weighted by Crippen LogP contribution is -2.29. The van der Waals surface area contributed by atoms with Gasteiger partial charge in [-0.2, -0.15) is 9.50 Å². The van der Waals surface area contributed by atoms with Gasteiger partial charge >= 0.3 is 0 Å². The molecule has 0 unspecified atom stereocenters. The molecule has 1 aliphatic heterocycles. The average molecular weight is 406 g/mol. The molecule has 1 aliphatic carbocycles. The topological polar surface area (TPSA) is 104 Å². The van der Waals surface area contributed by atoms with E-state index in [1.807, 2.05) is 50.2 Å². The summed E-state index contributed by atoms with van der Waals surface area (Å²) in [5.74, 6) is 1.38. The van der Waals surface area contributed by atoms with Crippen LogP contribution >= 0.6 is 0 Å². The molecule has 0 spiro atoms. The predicted octanol–water partition coefficient (Wildman–Crippen LogP) is 3.42. The van der Waals surface area contributed by atoms with Crippen LogP contribution < -0.4 is 16.0 Å². The molecule has 1 amide bonds. The van der Waals surface area contributed by atoms with Crippen LogP contribution in [0.2, 0.25) is 0 Å². The third-order valence-corrected chi connectivity index (χ3v) is 6.17. The molecule has 30 heavy (non-hydrogen) atoms. The zero-order chi connectivity index (χ0) is 20.9. The summed E-state index contributed by atoms with van der Waals surface area (Å²) in [5.41, 5.74) is 2.85. The minimum atomic E-state index is -0.523. The van der Waals surface area contributed by atoms with Gasteiger partial charge in [-0.1, -0.05) is 12.1 Å². The van der Waals surface area contributed by atoms with Crippen LogP contribution in [-0.2, 0) is 10.2 Å². The van der Waals surface area contributed by atoms with Gasteiger partial charge in [0.25, 0.3) is 0 Å². The number of pyridine rings is 1. The van der Waals surface area contributed by atoms with Gasteiger partial charge in [-0.25, -0.2) is 0 Å². The van der Waals surface area contributed by atoms with E-state index >= 15 is 0 Å². The lowest BCUT2D eigenvalue weighted by atomic mass is 9.86. The molecular weight excluding hydrogens is 380 g/mol. The first kappa shape index (κ1) is 18.9. The molecule has 0 atom stereocenters. The second-order valence-electron chi connectivity index (χ2n) is 8.73. The predicted molar refractivity (Wildman–Crippen MR) is 116 cm³/mol. The summed E-state index contributed by atoms with van der Waals surface area (Å²) in [4.78, 5) is 16.8. The van der Waals surface area contributed by atoms with Crippen LogP contribution in [0, 0.1) is 0 Å². The number of anilines is 4. The molecule has 3 aromatic rings. The molecule has 156 valence electrons. The standard InChI is InChI=1S/C22H26N6O2/c1-22(2)16-11-8-14(12-17(16)25-20(22)30)24-21-26-19-5-3-4-18(28(19)27-21)23-13-6-9-15(29)10-7-13/h3-5,8,11-13,15,23,29H,6-7,9-10H2,1-2H3,(H,24,27)(H,25,30)/t13-,15+. The third kappa shape index (κ3) is 3.27. The second-order valence-corrected chi connectivity index (χ2v) is 8.73. The summed E-state index contributed by atoms with van der Waals surface area (Å²) >= 11 is 0. The molecule has 2 aliphatic rings. The molecule has 1 aromatic carbocycles. The van der Waals surface area contributed by atoms with Gasteiger partial charge in [-0.05, 0) is 69.4 Å². The third-order valence-electron chi connectivity index (χ3n) is 6.17. The number of rotatable bonds is 4. The Labute approximate surface area is 174 Å². The Morgan fingerprint density at radius 1 is 1.17 bits per heavy atom. The summed E-state index contributed by atoms with van der Waals surface area (Å²) < 4.78 is 1.80. The number of hydrogen-bond acceptors (Lipinski definition) is 6. The molecule has 1 fully saturated rings. The van der Waals surface area contributed by atoms with Crippen LogP contribution in [0.15, 0.2) is 36.4 Å². The first-order valence-electron chi connectivity index (χ1n) is 10.4. The largest absolute Gasteiger partial charge is 0.393 e. The van der Waals surface area contributed by atoms with Crippen molar-refractivity contribution >= 4 is 34.7 Å². The summed E-state index contributed by atoms with van der Waals surface area (Å²) in [7, 11) is 0. The van der Waals surface area contributed by atoms with Gasteiger partial charge in [0, 0.05) is 17.4 Å². The maximum atomic E-state index is 12.2. The number of carbonyl (C=O) groups is 1. The molecule has 3 heterocycles. The Morgan fingerprint density at radius 3 is 2.77 bits per heavy atom. The number of fused-ring (bicyclic) bond motifs is 2. The number of nitrogens with zero attached hydrogens (tertiary/aromatic N) is 3. The minimum absolute atomic E-state index is 0.00597. The smallest absolute Gasteiger partial charge is 0.247 e. The Balaban J connectivity index is 1.37. The maximum absolute atomic E-state index is 12.2. The van der Waals surface area contributed by atoms with Crippen molar-refractivity contribution < 1.29 is 9.90 Å². The first-order chi connectivity index (χ1) is 14.4. The summed E-state index contributed by atoms with van der Waals surface area (Å²) in [5, 5.41) is 24.1. The van der Waals surface area contributed by atoms with Crippen molar-refractivity contribution in [3.63, 3.8) is 0 Å². The molecule has 8 nitrogen and oxygen atoms in total. The SMILES string of the molecule is CC1(C)C(=O)Nc2cc(Nc3nc4cccc(N[C@H]5CC[C@@H](O)CC5)n4n3)ccc21. The van der Waals surface area contributed by atoms with E-state index in [1.165, 1.54) is 0 Å². The number of aliphatic hydroxyl groups is 1. The van der Waals surface area contributed by atoms with Crippen molar-refractivity contribution in [2.75, 3.05) is 16.0 Å². The van der Waals surface area contributed by atoms with Gasteiger partial charge in [-0.3, -0.25) is 4.79 Å². The second kappa shape index (κ2) is 6.98. The fourth-order valence-electron chi connectivity index (χ4n) is 4.30. The van der Waals surface area contributed by atoms with E-state index in [4.69, 9.17) is 0 Å². The highest BCUT2D eigenvalue weighted by Crippen LogP contribution is 2.39. The monoisotopic (exact) mass is 406 g/mol. The number of hydrogen-bond donors (Lipinski definition) is 4. The lowest BCUT2D eigenvalue weighted by Gasteiger charge is -2.26. The van der Waals surface area contributed by atoms with E-state index in [-0.39, 0.29) is 12.0 Å². The molecule has 5 rings (SSSR count). The Morgan fingerprint density at radius 2 is 1.97 bits per heavy atom. The van der Waals surface area contributed by atoms with Gasteiger partial charge in [0.05, 0.1) is 11.5 Å². The normalized spacial score (nSPS) is 22.6. The Bertz CT molecular complexity index is 1110. The highest BCUT2D eigenvalue weighted by molar-refractivity contribution is 6.06. The van der Waals surface area contributed by atoms with Crippen molar-refractivity contribution in [3.8, 4) is 0 Å². The minimum Gasteiger partial charge on any atom is -0.393 e. The number of aromatic nitrogens is 3. The average Bonchev–Trinajstić information content (AvgIpc) is 3.22. The van der Waals surface area contributed by atoms with Crippen LogP contribution in [0.1, 0.15) is 45.1 Å². The zero-order valence-corrected chi connectivity index (χ0v) is 17.1. The zero-order valence-electron chi connectivity index (χ0n) is 17.1. The number of benzene rings is 1. The fourth-order valence-corrected chi connectivity index (χ4v) is 4.30. The summed E-state index contributed by atoms with van der Waals surface area (Å²) in [6.07, 6.45) is 3.35. The van der Waals surface area contributed by atoms with Crippen LogP contribution in [0.5, 0.6) is 0 Å². The first-order valence-corrected chi connectivity index (χ1v) is 10.4. The number of amides is 1. The summed E-state index contributed by atoms with van der Waals surface area (Å²) in [6.45, 7) is 3.85. The maximum Gasteiger partial charge on any atom is 0.247 e. The summed E-state index contributed by atoms with van der Waals surface area (Å²) in [6, 6.07) is 12.0. The van der Waals surface area contributed by atoms with E-state index in [9.17, 15) is 9.90 Å². The molecule has 8 heteroatoms. The quantitative estimate of drug-likeness (QED) is 0.529. The number of aliphatic hydroxyl groups excluding tert-OH is 1. The fraction of sp³-hybridized carbons (Fsp3) is 0.409. The van der Waals surface area contributed by atoms with Gasteiger partial charge in [0.15, 0.2) is 5.65 Å².